The van der Waals surface area contributed by atoms with Gasteiger partial charge in [-0.3, -0.25) is 9.69 Å². The van der Waals surface area contributed by atoms with Gasteiger partial charge in [0.25, 0.3) is 5.91 Å². The molecule has 2 aromatic rings. The van der Waals surface area contributed by atoms with Crippen LogP contribution in [0.25, 0.3) is 0 Å². The van der Waals surface area contributed by atoms with Crippen molar-refractivity contribution in [2.24, 2.45) is 0 Å². The van der Waals surface area contributed by atoms with E-state index in [4.69, 9.17) is 0 Å². The van der Waals surface area contributed by atoms with Gasteiger partial charge in [-0.05, 0) is 25.5 Å². The molecule has 1 aliphatic heterocycles. The highest BCUT2D eigenvalue weighted by Gasteiger charge is 2.21. The minimum Gasteiger partial charge on any atom is -0.363 e. The van der Waals surface area contributed by atoms with Crippen molar-refractivity contribution in [3.8, 4) is 0 Å². The maximum atomic E-state index is 12.7. The fourth-order valence-electron chi connectivity index (χ4n) is 2.88. The summed E-state index contributed by atoms with van der Waals surface area (Å²) in [6.45, 7) is 6.12. The highest BCUT2D eigenvalue weighted by Crippen LogP contribution is 2.15. The molecule has 0 saturated carbocycles. The lowest BCUT2D eigenvalue weighted by Crippen LogP contribution is -2.35. The molecule has 0 atom stereocenters. The molecule has 0 radical (unpaired) electrons. The maximum absolute atomic E-state index is 12.7. The van der Waals surface area contributed by atoms with E-state index in [9.17, 15) is 4.79 Å². The van der Waals surface area contributed by atoms with Crippen LogP contribution in [0.4, 0.5) is 5.82 Å². The van der Waals surface area contributed by atoms with E-state index in [1.54, 1.807) is 17.5 Å². The van der Waals surface area contributed by atoms with E-state index in [2.05, 4.69) is 20.1 Å². The number of anilines is 1. The van der Waals surface area contributed by atoms with Crippen LogP contribution in [0.2, 0.25) is 0 Å². The van der Waals surface area contributed by atoms with Gasteiger partial charge in [-0.2, -0.15) is 0 Å². The van der Waals surface area contributed by atoms with Crippen molar-refractivity contribution in [3.63, 3.8) is 0 Å². The summed E-state index contributed by atoms with van der Waals surface area (Å²) < 4.78 is 0. The number of amides is 1. The van der Waals surface area contributed by atoms with Gasteiger partial charge in [-0.1, -0.05) is 0 Å². The van der Waals surface area contributed by atoms with Crippen LogP contribution in [0.15, 0.2) is 18.3 Å². The van der Waals surface area contributed by atoms with E-state index in [1.807, 2.05) is 43.0 Å². The molecule has 3 rings (SSSR count). The van der Waals surface area contributed by atoms with Gasteiger partial charge in [0, 0.05) is 46.5 Å². The van der Waals surface area contributed by atoms with E-state index in [0.29, 0.717) is 5.56 Å². The molecule has 0 unspecified atom stereocenters. The number of hydrogen-bond acceptors (Lipinski definition) is 7. The van der Waals surface area contributed by atoms with Gasteiger partial charge in [0.15, 0.2) is 0 Å². The molecular formula is C17H24N6OS. The zero-order valence-electron chi connectivity index (χ0n) is 15.0. The third-order valence-corrected chi connectivity index (χ3v) is 5.08. The van der Waals surface area contributed by atoms with Crippen LogP contribution in [0.1, 0.15) is 26.8 Å². The molecule has 134 valence electrons. The Morgan fingerprint density at radius 2 is 2.04 bits per heavy atom. The van der Waals surface area contributed by atoms with Crippen LogP contribution in [0.3, 0.4) is 0 Å². The molecule has 0 bridgehead atoms. The molecule has 0 spiro atoms. The standard InChI is InChI=1S/C17H24N6OS/c1-13-19-20-16(25-13)12-22-7-4-8-23(10-9-22)17(24)14-5-6-15(18-11-14)21(2)3/h5-6,11H,4,7-10,12H2,1-3H3. The summed E-state index contributed by atoms with van der Waals surface area (Å²) in [5.41, 5.74) is 0.652. The highest BCUT2D eigenvalue weighted by molar-refractivity contribution is 7.11. The molecule has 8 heteroatoms. The first kappa shape index (κ1) is 17.8. The van der Waals surface area contributed by atoms with Crippen molar-refractivity contribution in [3.05, 3.63) is 33.9 Å². The van der Waals surface area contributed by atoms with E-state index in [1.165, 1.54) is 0 Å². The third-order valence-electron chi connectivity index (χ3n) is 4.26. The number of aromatic nitrogens is 3. The topological polar surface area (TPSA) is 65.5 Å². The van der Waals surface area contributed by atoms with Crippen molar-refractivity contribution < 1.29 is 4.79 Å². The summed E-state index contributed by atoms with van der Waals surface area (Å²) >= 11 is 1.64. The molecule has 25 heavy (non-hydrogen) atoms. The number of carbonyl (C=O) groups is 1. The normalized spacial score (nSPS) is 15.9. The molecular weight excluding hydrogens is 336 g/mol. The lowest BCUT2D eigenvalue weighted by Gasteiger charge is -2.21. The average Bonchev–Trinajstić information content (AvgIpc) is 2.87. The van der Waals surface area contributed by atoms with Crippen LogP contribution in [-0.4, -0.2) is 71.2 Å². The van der Waals surface area contributed by atoms with Crippen molar-refractivity contribution in [2.45, 2.75) is 19.9 Å². The summed E-state index contributed by atoms with van der Waals surface area (Å²) in [7, 11) is 3.87. The Kier molecular flexibility index (Phi) is 5.60. The smallest absolute Gasteiger partial charge is 0.255 e. The fourth-order valence-corrected chi connectivity index (χ4v) is 3.64. The van der Waals surface area contributed by atoms with Gasteiger partial charge in [0.2, 0.25) is 0 Å². The molecule has 0 aromatic carbocycles. The third kappa shape index (κ3) is 4.52. The Morgan fingerprint density at radius 3 is 2.68 bits per heavy atom. The molecule has 1 fully saturated rings. The number of pyridine rings is 1. The maximum Gasteiger partial charge on any atom is 0.255 e. The molecule has 7 nitrogen and oxygen atoms in total. The summed E-state index contributed by atoms with van der Waals surface area (Å²) in [4.78, 5) is 23.3. The quantitative estimate of drug-likeness (QED) is 0.826. The summed E-state index contributed by atoms with van der Waals surface area (Å²) in [6, 6.07) is 3.74. The van der Waals surface area contributed by atoms with Crippen molar-refractivity contribution in [1.82, 2.24) is 25.0 Å². The molecule has 3 heterocycles. The number of rotatable bonds is 4. The Labute approximate surface area is 152 Å². The first-order valence-electron chi connectivity index (χ1n) is 8.47. The second-order valence-electron chi connectivity index (χ2n) is 6.44. The largest absolute Gasteiger partial charge is 0.363 e. The Morgan fingerprint density at radius 1 is 1.20 bits per heavy atom. The molecule has 2 aromatic heterocycles. The molecule has 1 saturated heterocycles. The Bertz CT molecular complexity index is 714. The zero-order valence-corrected chi connectivity index (χ0v) is 15.8. The minimum atomic E-state index is 0.0615. The number of nitrogens with zero attached hydrogens (tertiary/aromatic N) is 6. The van der Waals surface area contributed by atoms with Crippen molar-refractivity contribution in [2.75, 3.05) is 45.2 Å². The molecule has 0 N–H and O–H groups in total. The van der Waals surface area contributed by atoms with E-state index in [-0.39, 0.29) is 5.91 Å². The van der Waals surface area contributed by atoms with E-state index in [0.717, 1.165) is 55.0 Å². The van der Waals surface area contributed by atoms with Crippen molar-refractivity contribution >= 4 is 23.1 Å². The monoisotopic (exact) mass is 360 g/mol. The van der Waals surface area contributed by atoms with Gasteiger partial charge in [0.05, 0.1) is 12.1 Å². The van der Waals surface area contributed by atoms with Crippen LogP contribution < -0.4 is 4.90 Å². The van der Waals surface area contributed by atoms with Crippen LogP contribution >= 0.6 is 11.3 Å². The van der Waals surface area contributed by atoms with Gasteiger partial charge in [-0.25, -0.2) is 4.98 Å². The van der Waals surface area contributed by atoms with E-state index >= 15 is 0 Å². The summed E-state index contributed by atoms with van der Waals surface area (Å²) in [6.07, 6.45) is 2.64. The average molecular weight is 360 g/mol. The zero-order chi connectivity index (χ0) is 17.8. The SMILES string of the molecule is Cc1nnc(CN2CCCN(C(=O)c3ccc(N(C)C)nc3)CC2)s1. The second kappa shape index (κ2) is 7.88. The lowest BCUT2D eigenvalue weighted by atomic mass is 10.2. The van der Waals surface area contributed by atoms with Crippen LogP contribution in [0, 0.1) is 6.92 Å². The van der Waals surface area contributed by atoms with Gasteiger partial charge < -0.3 is 9.80 Å². The number of hydrogen-bond donors (Lipinski definition) is 0. The summed E-state index contributed by atoms with van der Waals surface area (Å²) in [5, 5.41) is 10.3. The molecule has 0 aliphatic carbocycles. The van der Waals surface area contributed by atoms with Crippen LogP contribution in [-0.2, 0) is 6.54 Å². The number of aryl methyl sites for hydroxylation is 1. The second-order valence-corrected chi connectivity index (χ2v) is 7.70. The van der Waals surface area contributed by atoms with Gasteiger partial charge in [-0.15, -0.1) is 21.5 Å². The van der Waals surface area contributed by atoms with Gasteiger partial charge >= 0.3 is 0 Å². The first-order chi connectivity index (χ1) is 12.0. The fraction of sp³-hybridized carbons (Fsp3) is 0.529. The Hall–Kier alpha value is -2.06. The van der Waals surface area contributed by atoms with Crippen LogP contribution in [0.5, 0.6) is 0 Å². The minimum absolute atomic E-state index is 0.0615. The van der Waals surface area contributed by atoms with Gasteiger partial charge in [0.1, 0.15) is 15.8 Å². The predicted molar refractivity (Wildman–Crippen MR) is 99.0 cm³/mol. The lowest BCUT2D eigenvalue weighted by molar-refractivity contribution is 0.0760. The molecule has 1 amide bonds. The number of carbonyl (C=O) groups excluding carboxylic acids is 1. The predicted octanol–water partition coefficient (Wildman–Crippen LogP) is 1.66. The summed E-state index contributed by atoms with van der Waals surface area (Å²) in [5.74, 6) is 0.914. The van der Waals surface area contributed by atoms with Crippen molar-refractivity contribution in [1.29, 1.82) is 0 Å². The highest BCUT2D eigenvalue weighted by atomic mass is 32.1. The Balaban J connectivity index is 1.59. The molecule has 1 aliphatic rings. The van der Waals surface area contributed by atoms with E-state index < -0.39 is 0 Å². The first-order valence-corrected chi connectivity index (χ1v) is 9.28.